The van der Waals surface area contributed by atoms with Gasteiger partial charge in [-0.15, -0.1) is 0 Å². The van der Waals surface area contributed by atoms with Gasteiger partial charge in [-0.25, -0.2) is 4.98 Å². The Bertz CT molecular complexity index is 879. The highest BCUT2D eigenvalue weighted by atomic mass is 16.5. The zero-order valence-corrected chi connectivity index (χ0v) is 13.1. The number of nitrogens with one attached hydrogen (secondary N) is 1. The van der Waals surface area contributed by atoms with Gasteiger partial charge in [0.05, 0.1) is 28.9 Å². The number of carbonyl (C=O) groups excluding carboxylic acids is 1. The van der Waals surface area contributed by atoms with Crippen LogP contribution >= 0.6 is 0 Å². The van der Waals surface area contributed by atoms with Gasteiger partial charge in [-0.3, -0.25) is 4.79 Å². The summed E-state index contributed by atoms with van der Waals surface area (Å²) in [6.07, 6.45) is 0. The molecule has 3 aromatic rings. The van der Waals surface area contributed by atoms with Crippen molar-refractivity contribution in [2.45, 2.75) is 20.8 Å². The predicted molar refractivity (Wildman–Crippen MR) is 83.1 cm³/mol. The van der Waals surface area contributed by atoms with Crippen LogP contribution in [-0.2, 0) is 0 Å². The number of amides is 1. The Labute approximate surface area is 132 Å². The molecule has 7 nitrogen and oxygen atoms in total. The summed E-state index contributed by atoms with van der Waals surface area (Å²) in [5.74, 6) is 1.17. The van der Waals surface area contributed by atoms with E-state index in [1.54, 1.807) is 13.0 Å². The lowest BCUT2D eigenvalue weighted by Gasteiger charge is -2.06. The fraction of sp³-hybridized carbons (Fsp3) is 0.312. The molecule has 0 aromatic carbocycles. The van der Waals surface area contributed by atoms with Crippen LogP contribution in [-0.4, -0.2) is 34.3 Å². The molecule has 2 N–H and O–H groups in total. The Morgan fingerprint density at radius 1 is 1.30 bits per heavy atom. The highest BCUT2D eigenvalue weighted by Gasteiger charge is 2.20. The number of nitrogens with zero attached hydrogens (tertiary/aromatic N) is 2. The average molecular weight is 315 g/mol. The maximum Gasteiger partial charge on any atom is 0.259 e. The SMILES string of the molecule is Cc1cc(-c2cc(C(=O)NCCO)c3c(C)noc3n2)c(C)o1. The van der Waals surface area contributed by atoms with E-state index in [0.29, 0.717) is 33.8 Å². The zero-order valence-electron chi connectivity index (χ0n) is 13.1. The van der Waals surface area contributed by atoms with E-state index in [-0.39, 0.29) is 19.1 Å². The molecule has 0 radical (unpaired) electrons. The fourth-order valence-electron chi connectivity index (χ4n) is 2.56. The van der Waals surface area contributed by atoms with Gasteiger partial charge < -0.3 is 19.4 Å². The summed E-state index contributed by atoms with van der Waals surface area (Å²) in [5, 5.41) is 16.0. The van der Waals surface area contributed by atoms with E-state index in [4.69, 9.17) is 14.0 Å². The van der Waals surface area contributed by atoms with Crippen LogP contribution in [0.3, 0.4) is 0 Å². The lowest BCUT2D eigenvalue weighted by Crippen LogP contribution is -2.26. The minimum atomic E-state index is -0.308. The number of carbonyl (C=O) groups is 1. The van der Waals surface area contributed by atoms with Crippen molar-refractivity contribution in [2.75, 3.05) is 13.2 Å². The fourth-order valence-corrected chi connectivity index (χ4v) is 2.56. The number of fused-ring (bicyclic) bond motifs is 1. The number of pyridine rings is 1. The van der Waals surface area contributed by atoms with Crippen molar-refractivity contribution in [3.63, 3.8) is 0 Å². The van der Waals surface area contributed by atoms with Crippen molar-refractivity contribution in [3.8, 4) is 11.3 Å². The summed E-state index contributed by atoms with van der Waals surface area (Å²) in [6.45, 7) is 5.48. The molecule has 0 fully saturated rings. The second-order valence-corrected chi connectivity index (χ2v) is 5.31. The first kappa shape index (κ1) is 15.2. The highest BCUT2D eigenvalue weighted by molar-refractivity contribution is 6.07. The van der Waals surface area contributed by atoms with Gasteiger partial charge in [0.25, 0.3) is 11.6 Å². The quantitative estimate of drug-likeness (QED) is 0.765. The first-order valence-electron chi connectivity index (χ1n) is 7.24. The molecular formula is C16H17N3O4. The first-order chi connectivity index (χ1) is 11.0. The van der Waals surface area contributed by atoms with E-state index < -0.39 is 0 Å². The number of hydrogen-bond acceptors (Lipinski definition) is 6. The number of furan rings is 1. The zero-order chi connectivity index (χ0) is 16.6. The van der Waals surface area contributed by atoms with Gasteiger partial charge in [-0.2, -0.15) is 0 Å². The minimum Gasteiger partial charge on any atom is -0.466 e. The van der Waals surface area contributed by atoms with Crippen molar-refractivity contribution in [3.05, 3.63) is 34.9 Å². The van der Waals surface area contributed by atoms with Gasteiger partial charge in [-0.1, -0.05) is 5.16 Å². The molecule has 3 heterocycles. The molecule has 0 unspecified atom stereocenters. The standard InChI is InChI=1S/C16H17N3O4/c1-8-6-11(10(3)22-8)13-7-12(15(21)17-4-5-20)14-9(2)19-23-16(14)18-13/h6-7,20H,4-5H2,1-3H3,(H,17,21). The molecule has 0 spiro atoms. The van der Waals surface area contributed by atoms with E-state index in [2.05, 4.69) is 15.5 Å². The predicted octanol–water partition coefficient (Wildman–Crippen LogP) is 2.13. The lowest BCUT2D eigenvalue weighted by atomic mass is 10.1. The van der Waals surface area contributed by atoms with Crippen LogP contribution in [0.25, 0.3) is 22.4 Å². The van der Waals surface area contributed by atoms with E-state index in [0.717, 1.165) is 11.3 Å². The van der Waals surface area contributed by atoms with Gasteiger partial charge in [0, 0.05) is 12.1 Å². The molecule has 7 heteroatoms. The van der Waals surface area contributed by atoms with Crippen molar-refractivity contribution in [1.29, 1.82) is 0 Å². The lowest BCUT2D eigenvalue weighted by molar-refractivity contribution is 0.0946. The molecule has 120 valence electrons. The molecule has 0 aliphatic rings. The Balaban J connectivity index is 2.18. The van der Waals surface area contributed by atoms with Crippen LogP contribution in [0.4, 0.5) is 0 Å². The Morgan fingerprint density at radius 2 is 2.09 bits per heavy atom. The van der Waals surface area contributed by atoms with Crippen molar-refractivity contribution in [1.82, 2.24) is 15.5 Å². The van der Waals surface area contributed by atoms with E-state index in [9.17, 15) is 4.79 Å². The number of aliphatic hydroxyl groups is 1. The maximum absolute atomic E-state index is 12.4. The second-order valence-electron chi connectivity index (χ2n) is 5.31. The Morgan fingerprint density at radius 3 is 2.74 bits per heavy atom. The molecule has 3 rings (SSSR count). The third-order valence-electron chi connectivity index (χ3n) is 3.58. The second kappa shape index (κ2) is 5.85. The van der Waals surface area contributed by atoms with Crippen LogP contribution in [0.2, 0.25) is 0 Å². The van der Waals surface area contributed by atoms with E-state index in [1.165, 1.54) is 0 Å². The van der Waals surface area contributed by atoms with Gasteiger partial charge in [0.2, 0.25) is 0 Å². The highest BCUT2D eigenvalue weighted by Crippen LogP contribution is 2.30. The largest absolute Gasteiger partial charge is 0.466 e. The first-order valence-corrected chi connectivity index (χ1v) is 7.24. The van der Waals surface area contributed by atoms with Gasteiger partial charge in [-0.05, 0) is 32.9 Å². The summed E-state index contributed by atoms with van der Waals surface area (Å²) in [6, 6.07) is 3.55. The van der Waals surface area contributed by atoms with E-state index >= 15 is 0 Å². The molecule has 0 aliphatic heterocycles. The topological polar surface area (TPSA) is 101 Å². The summed E-state index contributed by atoms with van der Waals surface area (Å²) >= 11 is 0. The van der Waals surface area contributed by atoms with Crippen LogP contribution in [0.15, 0.2) is 21.1 Å². The third kappa shape index (κ3) is 2.70. The van der Waals surface area contributed by atoms with Crippen molar-refractivity contribution in [2.24, 2.45) is 0 Å². The van der Waals surface area contributed by atoms with Crippen molar-refractivity contribution < 1.29 is 18.8 Å². The molecular weight excluding hydrogens is 298 g/mol. The number of rotatable bonds is 4. The number of aromatic nitrogens is 2. The normalized spacial score (nSPS) is 11.1. The van der Waals surface area contributed by atoms with Crippen LogP contribution in [0, 0.1) is 20.8 Å². The summed E-state index contributed by atoms with van der Waals surface area (Å²) in [7, 11) is 0. The molecule has 0 saturated heterocycles. The molecule has 23 heavy (non-hydrogen) atoms. The van der Waals surface area contributed by atoms with Gasteiger partial charge >= 0.3 is 0 Å². The van der Waals surface area contributed by atoms with Crippen LogP contribution in [0.5, 0.6) is 0 Å². The number of aliphatic hydroxyl groups excluding tert-OH is 1. The molecule has 0 saturated carbocycles. The smallest absolute Gasteiger partial charge is 0.259 e. The molecule has 1 amide bonds. The number of aryl methyl sites for hydroxylation is 3. The summed E-state index contributed by atoms with van der Waals surface area (Å²) < 4.78 is 10.8. The van der Waals surface area contributed by atoms with Gasteiger partial charge in [0.1, 0.15) is 11.5 Å². The molecule has 0 aliphatic carbocycles. The molecule has 3 aromatic heterocycles. The average Bonchev–Trinajstić information content (AvgIpc) is 3.06. The Kier molecular flexibility index (Phi) is 3.87. The summed E-state index contributed by atoms with van der Waals surface area (Å²) in [5.41, 5.74) is 2.68. The summed E-state index contributed by atoms with van der Waals surface area (Å²) in [4.78, 5) is 16.8. The van der Waals surface area contributed by atoms with E-state index in [1.807, 2.05) is 19.9 Å². The monoisotopic (exact) mass is 315 g/mol. The minimum absolute atomic E-state index is 0.129. The van der Waals surface area contributed by atoms with Gasteiger partial charge in [0.15, 0.2) is 0 Å². The van der Waals surface area contributed by atoms with Crippen molar-refractivity contribution >= 4 is 17.0 Å². The molecule has 0 atom stereocenters. The maximum atomic E-state index is 12.4. The number of hydrogen-bond donors (Lipinski definition) is 2. The molecule has 0 bridgehead atoms. The Hall–Kier alpha value is -2.67. The van der Waals surface area contributed by atoms with Crippen LogP contribution in [0.1, 0.15) is 27.6 Å². The van der Waals surface area contributed by atoms with Crippen LogP contribution < -0.4 is 5.32 Å². The third-order valence-corrected chi connectivity index (χ3v) is 3.58.